The number of anilines is 1. The molecule has 0 spiro atoms. The van der Waals surface area contributed by atoms with Gasteiger partial charge in [0.15, 0.2) is 0 Å². The molecule has 0 bridgehead atoms. The first-order chi connectivity index (χ1) is 8.68. The second-order valence-electron chi connectivity index (χ2n) is 3.75. The Labute approximate surface area is 116 Å². The van der Waals surface area contributed by atoms with Crippen LogP contribution in [0.4, 0.5) is 5.69 Å². The van der Waals surface area contributed by atoms with Crippen LogP contribution >= 0.6 is 23.8 Å². The number of halogens is 1. The Balaban J connectivity index is 2.05. The molecule has 1 heterocycles. The summed E-state index contributed by atoms with van der Waals surface area (Å²) in [6, 6.07) is 5.55. The van der Waals surface area contributed by atoms with Crippen LogP contribution in [0.1, 0.15) is 5.56 Å². The molecule has 3 N–H and O–H groups in total. The first-order valence-corrected chi connectivity index (χ1v) is 6.25. The molecular formula is C12H13ClN4S. The average Bonchev–Trinajstić information content (AvgIpc) is 2.81. The minimum Gasteiger partial charge on any atom is -0.389 e. The zero-order valence-electron chi connectivity index (χ0n) is 9.64. The number of benzene rings is 1. The van der Waals surface area contributed by atoms with E-state index in [2.05, 4.69) is 10.3 Å². The fraction of sp³-hybridized carbons (Fsp3) is 0.167. The molecular weight excluding hydrogens is 268 g/mol. The highest BCUT2D eigenvalue weighted by Gasteiger charge is 2.08. The maximum absolute atomic E-state index is 6.08. The molecule has 0 amide bonds. The van der Waals surface area contributed by atoms with E-state index >= 15 is 0 Å². The van der Waals surface area contributed by atoms with Crippen molar-refractivity contribution in [1.29, 1.82) is 0 Å². The van der Waals surface area contributed by atoms with Gasteiger partial charge in [-0.3, -0.25) is 0 Å². The van der Waals surface area contributed by atoms with Crippen molar-refractivity contribution in [3.63, 3.8) is 0 Å². The number of hydrogen-bond acceptors (Lipinski definition) is 3. The van der Waals surface area contributed by atoms with Crippen molar-refractivity contribution < 1.29 is 0 Å². The minimum atomic E-state index is 0.297. The molecule has 0 radical (unpaired) electrons. The first kappa shape index (κ1) is 12.9. The number of nitrogens with two attached hydrogens (primary N) is 1. The Hall–Kier alpha value is -1.59. The Morgan fingerprint density at radius 3 is 3.00 bits per heavy atom. The molecule has 18 heavy (non-hydrogen) atoms. The van der Waals surface area contributed by atoms with E-state index in [1.165, 1.54) is 0 Å². The molecule has 4 nitrogen and oxygen atoms in total. The molecule has 1 aromatic heterocycles. The first-order valence-electron chi connectivity index (χ1n) is 5.46. The van der Waals surface area contributed by atoms with Crippen LogP contribution in [0, 0.1) is 0 Å². The highest BCUT2D eigenvalue weighted by atomic mass is 35.5. The van der Waals surface area contributed by atoms with Crippen LogP contribution in [0.3, 0.4) is 0 Å². The van der Waals surface area contributed by atoms with Crippen molar-refractivity contribution in [2.24, 2.45) is 5.73 Å². The smallest absolute Gasteiger partial charge is 0.107 e. The second-order valence-corrected chi connectivity index (χ2v) is 4.60. The van der Waals surface area contributed by atoms with Gasteiger partial charge in [0.05, 0.1) is 16.9 Å². The molecule has 1 aromatic carbocycles. The average molecular weight is 281 g/mol. The molecule has 0 saturated heterocycles. The minimum absolute atomic E-state index is 0.297. The molecule has 0 aliphatic heterocycles. The number of imidazole rings is 1. The Bertz CT molecular complexity index is 539. The zero-order chi connectivity index (χ0) is 13.0. The SMILES string of the molecule is NC(=S)c1c(Cl)cccc1NCCn1ccnc1. The Kier molecular flexibility index (Phi) is 4.17. The highest BCUT2D eigenvalue weighted by Crippen LogP contribution is 2.24. The van der Waals surface area contributed by atoms with Gasteiger partial charge in [-0.25, -0.2) is 4.98 Å². The van der Waals surface area contributed by atoms with Crippen molar-refractivity contribution in [3.8, 4) is 0 Å². The van der Waals surface area contributed by atoms with E-state index in [4.69, 9.17) is 29.6 Å². The predicted octanol–water partition coefficient (Wildman–Crippen LogP) is 2.28. The molecule has 0 unspecified atom stereocenters. The normalized spacial score (nSPS) is 10.3. The van der Waals surface area contributed by atoms with Crippen LogP contribution in [0.2, 0.25) is 5.02 Å². The van der Waals surface area contributed by atoms with Gasteiger partial charge in [-0.15, -0.1) is 0 Å². The van der Waals surface area contributed by atoms with Crippen LogP contribution in [0.15, 0.2) is 36.9 Å². The summed E-state index contributed by atoms with van der Waals surface area (Å²) >= 11 is 11.1. The van der Waals surface area contributed by atoms with Crippen molar-refractivity contribution in [3.05, 3.63) is 47.5 Å². The molecule has 0 fully saturated rings. The monoisotopic (exact) mass is 280 g/mol. The van der Waals surface area contributed by atoms with Gasteiger partial charge in [0, 0.05) is 31.2 Å². The predicted molar refractivity (Wildman–Crippen MR) is 78.1 cm³/mol. The Morgan fingerprint density at radius 1 is 1.50 bits per heavy atom. The largest absolute Gasteiger partial charge is 0.389 e. The summed E-state index contributed by atoms with van der Waals surface area (Å²) in [6.07, 6.45) is 5.43. The van der Waals surface area contributed by atoms with Crippen molar-refractivity contribution in [1.82, 2.24) is 9.55 Å². The quantitative estimate of drug-likeness (QED) is 0.825. The van der Waals surface area contributed by atoms with E-state index in [1.54, 1.807) is 18.6 Å². The number of hydrogen-bond donors (Lipinski definition) is 2. The van der Waals surface area contributed by atoms with E-state index in [-0.39, 0.29) is 0 Å². The van der Waals surface area contributed by atoms with Gasteiger partial charge in [0.2, 0.25) is 0 Å². The van der Waals surface area contributed by atoms with Crippen LogP contribution in [-0.4, -0.2) is 21.1 Å². The van der Waals surface area contributed by atoms with Gasteiger partial charge in [0.25, 0.3) is 0 Å². The zero-order valence-corrected chi connectivity index (χ0v) is 11.2. The van der Waals surface area contributed by atoms with E-state index in [0.29, 0.717) is 15.6 Å². The summed E-state index contributed by atoms with van der Waals surface area (Å²) in [5.41, 5.74) is 7.22. The van der Waals surface area contributed by atoms with Crippen molar-refractivity contribution in [2.75, 3.05) is 11.9 Å². The lowest BCUT2D eigenvalue weighted by molar-refractivity contribution is 0.727. The van der Waals surface area contributed by atoms with Gasteiger partial charge in [0.1, 0.15) is 4.99 Å². The van der Waals surface area contributed by atoms with Crippen LogP contribution in [0.25, 0.3) is 0 Å². The summed E-state index contributed by atoms with van der Waals surface area (Å²) < 4.78 is 1.98. The van der Waals surface area contributed by atoms with E-state index in [0.717, 1.165) is 18.8 Å². The van der Waals surface area contributed by atoms with Crippen molar-refractivity contribution >= 4 is 34.5 Å². The third-order valence-corrected chi connectivity index (χ3v) is 3.02. The fourth-order valence-corrected chi connectivity index (χ4v) is 2.21. The molecule has 2 aromatic rings. The van der Waals surface area contributed by atoms with E-state index < -0.39 is 0 Å². The van der Waals surface area contributed by atoms with E-state index in [1.807, 2.05) is 22.9 Å². The van der Waals surface area contributed by atoms with Crippen LogP contribution < -0.4 is 11.1 Å². The Morgan fingerprint density at radius 2 is 2.33 bits per heavy atom. The number of thiocarbonyl (C=S) groups is 1. The van der Waals surface area contributed by atoms with Gasteiger partial charge < -0.3 is 15.6 Å². The topological polar surface area (TPSA) is 55.9 Å². The lowest BCUT2D eigenvalue weighted by Gasteiger charge is -2.12. The van der Waals surface area contributed by atoms with Gasteiger partial charge >= 0.3 is 0 Å². The van der Waals surface area contributed by atoms with Crippen LogP contribution in [0.5, 0.6) is 0 Å². The lowest BCUT2D eigenvalue weighted by atomic mass is 10.1. The maximum atomic E-state index is 6.08. The number of aromatic nitrogens is 2. The molecule has 0 aliphatic carbocycles. The van der Waals surface area contributed by atoms with Crippen molar-refractivity contribution in [2.45, 2.75) is 6.54 Å². The third kappa shape index (κ3) is 3.00. The standard InChI is InChI=1S/C12H13ClN4S/c13-9-2-1-3-10(11(9)12(14)18)16-5-7-17-6-4-15-8-17/h1-4,6,8,16H,5,7H2,(H2,14,18). The second kappa shape index (κ2) is 5.84. The van der Waals surface area contributed by atoms with Crippen LogP contribution in [-0.2, 0) is 6.54 Å². The summed E-state index contributed by atoms with van der Waals surface area (Å²) in [5.74, 6) is 0. The van der Waals surface area contributed by atoms with Gasteiger partial charge in [-0.2, -0.15) is 0 Å². The molecule has 2 rings (SSSR count). The fourth-order valence-electron chi connectivity index (χ4n) is 1.66. The molecule has 0 saturated carbocycles. The number of nitrogens with one attached hydrogen (secondary N) is 1. The summed E-state index contributed by atoms with van der Waals surface area (Å²) in [5, 5.41) is 3.84. The number of rotatable bonds is 5. The molecule has 0 aliphatic rings. The highest BCUT2D eigenvalue weighted by molar-refractivity contribution is 7.80. The summed E-state index contributed by atoms with van der Waals surface area (Å²) in [7, 11) is 0. The van der Waals surface area contributed by atoms with Gasteiger partial charge in [-0.05, 0) is 12.1 Å². The van der Waals surface area contributed by atoms with E-state index in [9.17, 15) is 0 Å². The molecule has 6 heteroatoms. The molecule has 94 valence electrons. The third-order valence-electron chi connectivity index (χ3n) is 2.50. The summed E-state index contributed by atoms with van der Waals surface area (Å²) in [6.45, 7) is 1.55. The maximum Gasteiger partial charge on any atom is 0.107 e. The van der Waals surface area contributed by atoms with Gasteiger partial charge in [-0.1, -0.05) is 29.9 Å². The summed E-state index contributed by atoms with van der Waals surface area (Å²) in [4.78, 5) is 4.28. The molecule has 0 atom stereocenters. The number of nitrogens with zero attached hydrogens (tertiary/aromatic N) is 2. The lowest BCUT2D eigenvalue weighted by Crippen LogP contribution is -2.16.